The second-order valence-corrected chi connectivity index (χ2v) is 7.00. The molecule has 0 aliphatic carbocycles. The average molecular weight is 364 g/mol. The van der Waals surface area contributed by atoms with Crippen LogP contribution in [0.15, 0.2) is 48.5 Å². The zero-order valence-corrected chi connectivity index (χ0v) is 16.3. The van der Waals surface area contributed by atoms with Crippen molar-refractivity contribution >= 4 is 17.3 Å². The van der Waals surface area contributed by atoms with Crippen LogP contribution in [0.25, 0.3) is 16.9 Å². The Morgan fingerprint density at radius 3 is 2.46 bits per heavy atom. The highest BCUT2D eigenvalue weighted by molar-refractivity contribution is 6.31. The Morgan fingerprint density at radius 1 is 1.08 bits per heavy atom. The Balaban J connectivity index is 2.28. The molecule has 1 aromatic heterocycles. The van der Waals surface area contributed by atoms with E-state index in [1.807, 2.05) is 51.4 Å². The molecule has 3 nitrogen and oxygen atoms in total. The molecule has 1 heterocycles. The molecule has 0 saturated carbocycles. The number of nitriles is 1. The minimum absolute atomic E-state index is 0.679. The summed E-state index contributed by atoms with van der Waals surface area (Å²) in [6.07, 6.45) is 0.921. The predicted molar refractivity (Wildman–Crippen MR) is 109 cm³/mol. The van der Waals surface area contributed by atoms with Gasteiger partial charge in [0.15, 0.2) is 0 Å². The second kappa shape index (κ2) is 7.27. The summed E-state index contributed by atoms with van der Waals surface area (Å²) in [7, 11) is 4.05. The van der Waals surface area contributed by atoms with Crippen molar-refractivity contribution in [1.29, 1.82) is 5.26 Å². The molecule has 0 fully saturated rings. The normalized spacial score (nSPS) is 10.6. The first-order valence-corrected chi connectivity index (χ1v) is 9.03. The largest absolute Gasteiger partial charge is 0.377 e. The zero-order valence-electron chi connectivity index (χ0n) is 15.5. The maximum absolute atomic E-state index is 9.17. The zero-order chi connectivity index (χ0) is 18.8. The maximum atomic E-state index is 9.17. The fourth-order valence-electron chi connectivity index (χ4n) is 3.32. The molecule has 0 N–H and O–H groups in total. The number of halogens is 1. The molecule has 0 amide bonds. The van der Waals surface area contributed by atoms with Crippen LogP contribution in [0.5, 0.6) is 0 Å². The predicted octanol–water partition coefficient (Wildman–Crippen LogP) is 5.61. The molecule has 0 aliphatic rings. The van der Waals surface area contributed by atoms with Gasteiger partial charge in [0.25, 0.3) is 0 Å². The van der Waals surface area contributed by atoms with E-state index in [-0.39, 0.29) is 0 Å². The lowest BCUT2D eigenvalue weighted by molar-refractivity contribution is 0.934. The first-order valence-electron chi connectivity index (χ1n) is 8.65. The van der Waals surface area contributed by atoms with Gasteiger partial charge in [-0.25, -0.2) is 0 Å². The van der Waals surface area contributed by atoms with E-state index in [0.717, 1.165) is 39.6 Å². The van der Waals surface area contributed by atoms with Crippen LogP contribution in [0.3, 0.4) is 0 Å². The Kier molecular flexibility index (Phi) is 5.06. The van der Waals surface area contributed by atoms with E-state index < -0.39 is 0 Å². The first kappa shape index (κ1) is 18.1. The van der Waals surface area contributed by atoms with E-state index in [1.54, 1.807) is 0 Å². The Labute approximate surface area is 160 Å². The first-order chi connectivity index (χ1) is 12.5. The van der Waals surface area contributed by atoms with Crippen molar-refractivity contribution in [3.05, 3.63) is 70.4 Å². The highest BCUT2D eigenvalue weighted by atomic mass is 35.5. The van der Waals surface area contributed by atoms with Gasteiger partial charge in [-0.3, -0.25) is 0 Å². The molecule has 3 rings (SSSR count). The lowest BCUT2D eigenvalue weighted by Crippen LogP contribution is -2.11. The summed E-state index contributed by atoms with van der Waals surface area (Å²) in [5.74, 6) is 0. The molecule has 26 heavy (non-hydrogen) atoms. The van der Waals surface area contributed by atoms with Gasteiger partial charge in [0.2, 0.25) is 0 Å². The van der Waals surface area contributed by atoms with E-state index in [2.05, 4.69) is 40.7 Å². The van der Waals surface area contributed by atoms with Crippen LogP contribution in [0.2, 0.25) is 5.02 Å². The van der Waals surface area contributed by atoms with Gasteiger partial charge in [-0.1, -0.05) is 18.5 Å². The third-order valence-electron chi connectivity index (χ3n) is 4.61. The highest BCUT2D eigenvalue weighted by Gasteiger charge is 2.16. The number of benzene rings is 2. The molecule has 0 spiro atoms. The van der Waals surface area contributed by atoms with Crippen LogP contribution < -0.4 is 4.90 Å². The molecule has 2 aromatic carbocycles. The van der Waals surface area contributed by atoms with Crippen LogP contribution in [0, 0.1) is 18.3 Å². The van der Waals surface area contributed by atoms with Crippen molar-refractivity contribution in [2.45, 2.75) is 20.3 Å². The molecule has 0 radical (unpaired) electrons. The van der Waals surface area contributed by atoms with Crippen LogP contribution >= 0.6 is 11.6 Å². The van der Waals surface area contributed by atoms with Crippen molar-refractivity contribution in [2.75, 3.05) is 19.0 Å². The minimum Gasteiger partial charge on any atom is -0.377 e. The molecular weight excluding hydrogens is 342 g/mol. The number of aryl methyl sites for hydroxylation is 2. The number of nitrogens with zero attached hydrogens (tertiary/aromatic N) is 3. The van der Waals surface area contributed by atoms with E-state index >= 15 is 0 Å². The van der Waals surface area contributed by atoms with Crippen molar-refractivity contribution in [1.82, 2.24) is 4.57 Å². The van der Waals surface area contributed by atoms with Crippen LogP contribution in [0.1, 0.15) is 23.7 Å². The van der Waals surface area contributed by atoms with Crippen molar-refractivity contribution in [3.63, 3.8) is 0 Å². The lowest BCUT2D eigenvalue weighted by atomic mass is 10.1. The topological polar surface area (TPSA) is 32.0 Å². The monoisotopic (exact) mass is 363 g/mol. The number of anilines is 1. The van der Waals surface area contributed by atoms with Crippen LogP contribution in [-0.4, -0.2) is 18.7 Å². The van der Waals surface area contributed by atoms with E-state index in [4.69, 9.17) is 16.9 Å². The van der Waals surface area contributed by atoms with Gasteiger partial charge in [0.05, 0.1) is 17.3 Å². The third kappa shape index (κ3) is 3.21. The molecule has 0 bridgehead atoms. The average Bonchev–Trinajstić information content (AvgIpc) is 3.05. The molecule has 0 aliphatic heterocycles. The molecule has 132 valence electrons. The van der Waals surface area contributed by atoms with E-state index in [1.165, 1.54) is 5.69 Å². The minimum atomic E-state index is 0.679. The number of hydrogen-bond donors (Lipinski definition) is 0. The van der Waals surface area contributed by atoms with Crippen molar-refractivity contribution < 1.29 is 0 Å². The van der Waals surface area contributed by atoms with Gasteiger partial charge >= 0.3 is 0 Å². The van der Waals surface area contributed by atoms with Crippen LogP contribution in [0.4, 0.5) is 5.69 Å². The summed E-state index contributed by atoms with van der Waals surface area (Å²) in [6, 6.07) is 18.4. The quantitative estimate of drug-likeness (QED) is 0.603. The standard InChI is InChI=1S/C22H22ClN3/c1-5-18-8-11-21(19-9-7-17(23)13-22(19)25(3)4)26(18)20-10-6-16(14-24)12-15(20)2/h6-13H,5H2,1-4H3. The second-order valence-electron chi connectivity index (χ2n) is 6.57. The Morgan fingerprint density at radius 2 is 1.85 bits per heavy atom. The summed E-state index contributed by atoms with van der Waals surface area (Å²) in [5.41, 5.74) is 7.41. The molecule has 0 saturated heterocycles. The number of hydrogen-bond acceptors (Lipinski definition) is 2. The van der Waals surface area contributed by atoms with Crippen molar-refractivity contribution in [2.24, 2.45) is 0 Å². The molecule has 3 aromatic rings. The fraction of sp³-hybridized carbons (Fsp3) is 0.227. The summed E-state index contributed by atoms with van der Waals surface area (Å²) in [5, 5.41) is 9.89. The molecule has 4 heteroatoms. The van der Waals surface area contributed by atoms with Gasteiger partial charge in [-0.05, 0) is 67.4 Å². The van der Waals surface area contributed by atoms with E-state index in [9.17, 15) is 0 Å². The molecule has 0 atom stereocenters. The van der Waals surface area contributed by atoms with E-state index in [0.29, 0.717) is 5.56 Å². The summed E-state index contributed by atoms with van der Waals surface area (Å²) >= 11 is 6.23. The number of rotatable bonds is 4. The third-order valence-corrected chi connectivity index (χ3v) is 4.84. The van der Waals surface area contributed by atoms with Gasteiger partial charge in [-0.2, -0.15) is 5.26 Å². The summed E-state index contributed by atoms with van der Waals surface area (Å²) < 4.78 is 2.28. The van der Waals surface area contributed by atoms with Gasteiger partial charge in [0, 0.05) is 41.8 Å². The van der Waals surface area contributed by atoms with Gasteiger partial charge < -0.3 is 9.47 Å². The molecular formula is C22H22ClN3. The maximum Gasteiger partial charge on any atom is 0.0991 e. The highest BCUT2D eigenvalue weighted by Crippen LogP contribution is 2.36. The molecule has 0 unspecified atom stereocenters. The van der Waals surface area contributed by atoms with Gasteiger partial charge in [-0.15, -0.1) is 0 Å². The summed E-state index contributed by atoms with van der Waals surface area (Å²) in [4.78, 5) is 2.08. The van der Waals surface area contributed by atoms with Crippen molar-refractivity contribution in [3.8, 4) is 23.0 Å². The Hall–Kier alpha value is -2.70. The smallest absolute Gasteiger partial charge is 0.0991 e. The fourth-order valence-corrected chi connectivity index (χ4v) is 3.48. The lowest BCUT2D eigenvalue weighted by Gasteiger charge is -2.21. The number of aromatic nitrogens is 1. The summed E-state index contributed by atoms with van der Waals surface area (Å²) in [6.45, 7) is 4.21. The van der Waals surface area contributed by atoms with Gasteiger partial charge in [0.1, 0.15) is 0 Å². The Bertz CT molecular complexity index is 993. The van der Waals surface area contributed by atoms with Crippen LogP contribution in [-0.2, 0) is 6.42 Å². The SMILES string of the molecule is CCc1ccc(-c2ccc(Cl)cc2N(C)C)n1-c1ccc(C#N)cc1C.